The van der Waals surface area contributed by atoms with Gasteiger partial charge in [0.1, 0.15) is 6.04 Å². The van der Waals surface area contributed by atoms with Crippen molar-refractivity contribution in [1.29, 1.82) is 0 Å². The van der Waals surface area contributed by atoms with E-state index in [1.54, 1.807) is 54.6 Å². The van der Waals surface area contributed by atoms with E-state index in [2.05, 4.69) is 10.6 Å². The van der Waals surface area contributed by atoms with Crippen molar-refractivity contribution in [2.75, 3.05) is 21.9 Å². The fourth-order valence-electron chi connectivity index (χ4n) is 3.73. The molecule has 1 atom stereocenters. The second-order valence-corrected chi connectivity index (χ2v) is 9.89. The first-order valence-corrected chi connectivity index (χ1v) is 12.5. The van der Waals surface area contributed by atoms with Gasteiger partial charge in [-0.05, 0) is 47.9 Å². The highest BCUT2D eigenvalue weighted by molar-refractivity contribution is 7.93. The Bertz CT molecular complexity index is 1270. The first-order valence-electron chi connectivity index (χ1n) is 10.9. The van der Waals surface area contributed by atoms with Crippen molar-refractivity contribution in [2.24, 2.45) is 0 Å². The Labute approximate surface area is 199 Å². The molecule has 2 N–H and O–H groups in total. The molecule has 2 amide bonds. The molecule has 174 valence electrons. The third-order valence-corrected chi connectivity index (χ3v) is 7.30. The number of hydrogen-bond donors (Lipinski definition) is 2. The van der Waals surface area contributed by atoms with Crippen molar-refractivity contribution in [3.05, 3.63) is 102 Å². The van der Waals surface area contributed by atoms with Crippen molar-refractivity contribution < 1.29 is 18.0 Å². The van der Waals surface area contributed by atoms with Crippen LogP contribution in [0.1, 0.15) is 23.6 Å². The Morgan fingerprint density at radius 2 is 1.53 bits per heavy atom. The molecule has 7 nitrogen and oxygen atoms in total. The quantitative estimate of drug-likeness (QED) is 0.509. The minimum atomic E-state index is -3.24. The van der Waals surface area contributed by atoms with Crippen molar-refractivity contribution in [3.8, 4) is 0 Å². The highest BCUT2D eigenvalue weighted by Crippen LogP contribution is 2.24. The summed E-state index contributed by atoms with van der Waals surface area (Å²) >= 11 is 0. The Morgan fingerprint density at radius 3 is 2.15 bits per heavy atom. The topological polar surface area (TPSA) is 95.6 Å². The number of carbonyl (C=O) groups is 2. The number of benzene rings is 3. The van der Waals surface area contributed by atoms with Crippen LogP contribution in [0.25, 0.3) is 6.08 Å². The van der Waals surface area contributed by atoms with Crippen molar-refractivity contribution in [1.82, 2.24) is 5.32 Å². The average molecular weight is 476 g/mol. The summed E-state index contributed by atoms with van der Waals surface area (Å²) in [7, 11) is -3.24. The Balaban J connectivity index is 1.44. The molecule has 4 rings (SSSR count). The molecule has 34 heavy (non-hydrogen) atoms. The normalized spacial score (nSPS) is 15.7. The second-order valence-electron chi connectivity index (χ2n) is 7.87. The lowest BCUT2D eigenvalue weighted by Crippen LogP contribution is -2.36. The third kappa shape index (κ3) is 5.71. The summed E-state index contributed by atoms with van der Waals surface area (Å²) in [6.45, 7) is 0.478. The molecule has 1 saturated heterocycles. The molecule has 0 radical (unpaired) electrons. The van der Waals surface area contributed by atoms with Crippen molar-refractivity contribution in [3.63, 3.8) is 0 Å². The largest absolute Gasteiger partial charge is 0.337 e. The molecule has 0 spiro atoms. The molecule has 3 aromatic rings. The maximum atomic E-state index is 12.9. The van der Waals surface area contributed by atoms with E-state index in [-0.39, 0.29) is 11.7 Å². The average Bonchev–Trinajstić information content (AvgIpc) is 3.21. The van der Waals surface area contributed by atoms with Crippen LogP contribution in [0.15, 0.2) is 91.0 Å². The fourth-order valence-corrected chi connectivity index (χ4v) is 5.29. The third-order valence-electron chi connectivity index (χ3n) is 5.43. The van der Waals surface area contributed by atoms with Crippen LogP contribution in [0.2, 0.25) is 0 Å². The van der Waals surface area contributed by atoms with Gasteiger partial charge in [-0.1, -0.05) is 60.7 Å². The van der Waals surface area contributed by atoms with Crippen LogP contribution >= 0.6 is 0 Å². The van der Waals surface area contributed by atoms with E-state index in [9.17, 15) is 18.0 Å². The van der Waals surface area contributed by atoms with Crippen LogP contribution in [0.4, 0.5) is 11.4 Å². The number of amides is 2. The lowest BCUT2D eigenvalue weighted by Gasteiger charge is -2.18. The molecule has 3 aromatic carbocycles. The molecular weight excluding hydrogens is 450 g/mol. The number of nitrogens with one attached hydrogen (secondary N) is 2. The first-order chi connectivity index (χ1) is 16.4. The number of rotatable bonds is 7. The number of hydrogen-bond acceptors (Lipinski definition) is 4. The van der Waals surface area contributed by atoms with Gasteiger partial charge in [-0.3, -0.25) is 13.9 Å². The van der Waals surface area contributed by atoms with Gasteiger partial charge in [0.05, 0.1) is 11.4 Å². The number of carbonyl (C=O) groups excluding carboxylic acids is 2. The number of anilines is 2. The van der Waals surface area contributed by atoms with E-state index in [0.29, 0.717) is 29.9 Å². The van der Waals surface area contributed by atoms with Gasteiger partial charge in [0.25, 0.3) is 5.91 Å². The minimum absolute atomic E-state index is 0.162. The summed E-state index contributed by atoms with van der Waals surface area (Å²) in [5, 5.41) is 5.59. The Morgan fingerprint density at radius 1 is 0.882 bits per heavy atom. The maximum absolute atomic E-state index is 12.9. The van der Waals surface area contributed by atoms with Crippen LogP contribution in [-0.4, -0.2) is 32.5 Å². The van der Waals surface area contributed by atoms with Gasteiger partial charge in [-0.2, -0.15) is 0 Å². The maximum Gasteiger partial charge on any atom is 0.251 e. The summed E-state index contributed by atoms with van der Waals surface area (Å²) in [6, 6.07) is 24.1. The van der Waals surface area contributed by atoms with E-state index >= 15 is 0 Å². The molecule has 1 aliphatic rings. The van der Waals surface area contributed by atoms with Gasteiger partial charge in [0.15, 0.2) is 0 Å². The van der Waals surface area contributed by atoms with Crippen LogP contribution in [0, 0.1) is 0 Å². The van der Waals surface area contributed by atoms with Gasteiger partial charge in [-0.15, -0.1) is 0 Å². The summed E-state index contributed by atoms with van der Waals surface area (Å²) in [6.07, 6.45) is 3.59. The highest BCUT2D eigenvalue weighted by Gasteiger charge is 2.28. The zero-order chi connectivity index (χ0) is 24.0. The van der Waals surface area contributed by atoms with Crippen LogP contribution in [0.5, 0.6) is 0 Å². The lowest BCUT2D eigenvalue weighted by molar-refractivity contribution is -0.123. The SMILES string of the molecule is O=C(/C=C/c1ccc(N2CCCS2(=O)=O)cc1)NC(C(=O)Nc1ccccc1)c1ccccc1. The van der Waals surface area contributed by atoms with E-state index in [4.69, 9.17) is 0 Å². The minimum Gasteiger partial charge on any atom is -0.337 e. The van der Waals surface area contributed by atoms with Crippen LogP contribution in [0.3, 0.4) is 0 Å². The van der Waals surface area contributed by atoms with Crippen LogP contribution < -0.4 is 14.9 Å². The van der Waals surface area contributed by atoms with Crippen LogP contribution in [-0.2, 0) is 19.6 Å². The summed E-state index contributed by atoms with van der Waals surface area (Å²) < 4.78 is 25.6. The predicted octanol–water partition coefficient (Wildman–Crippen LogP) is 3.74. The molecule has 1 unspecified atom stereocenters. The zero-order valence-corrected chi connectivity index (χ0v) is 19.2. The van der Waals surface area contributed by atoms with Gasteiger partial charge in [0.2, 0.25) is 15.9 Å². The van der Waals surface area contributed by atoms with Gasteiger partial charge < -0.3 is 10.6 Å². The Kier molecular flexibility index (Phi) is 7.08. The van der Waals surface area contributed by atoms with Gasteiger partial charge >= 0.3 is 0 Å². The molecule has 0 saturated carbocycles. The van der Waals surface area contributed by atoms with E-state index in [1.807, 2.05) is 36.4 Å². The number of nitrogens with zero attached hydrogens (tertiary/aromatic N) is 1. The lowest BCUT2D eigenvalue weighted by atomic mass is 10.1. The fraction of sp³-hybridized carbons (Fsp3) is 0.154. The monoisotopic (exact) mass is 475 g/mol. The number of para-hydroxylation sites is 1. The molecule has 8 heteroatoms. The summed E-state index contributed by atoms with van der Waals surface area (Å²) in [5.74, 6) is -0.617. The second kappa shape index (κ2) is 10.4. The molecule has 0 aromatic heterocycles. The van der Waals surface area contributed by atoms with Crippen molar-refractivity contribution >= 4 is 39.3 Å². The van der Waals surface area contributed by atoms with Gasteiger partial charge in [0, 0.05) is 18.3 Å². The molecule has 1 fully saturated rings. The molecule has 0 aliphatic carbocycles. The molecule has 0 bridgehead atoms. The summed E-state index contributed by atoms with van der Waals surface area (Å²) in [5.41, 5.74) is 2.65. The van der Waals surface area contributed by atoms with Gasteiger partial charge in [-0.25, -0.2) is 8.42 Å². The molecular formula is C26H25N3O4S. The van der Waals surface area contributed by atoms with E-state index in [1.165, 1.54) is 10.4 Å². The predicted molar refractivity (Wildman–Crippen MR) is 134 cm³/mol. The standard InChI is InChI=1S/C26H25N3O4S/c30-24(17-14-20-12-15-23(16-13-20)29-18-7-19-34(29,32)33)28-25(21-8-3-1-4-9-21)26(31)27-22-10-5-2-6-11-22/h1-6,8-17,25H,7,18-19H2,(H,27,31)(H,28,30)/b17-14+. The Hall–Kier alpha value is -3.91. The first kappa shape index (κ1) is 23.3. The smallest absolute Gasteiger partial charge is 0.251 e. The number of sulfonamides is 1. The zero-order valence-electron chi connectivity index (χ0n) is 18.4. The van der Waals surface area contributed by atoms with E-state index < -0.39 is 22.0 Å². The molecule has 1 heterocycles. The van der Waals surface area contributed by atoms with Crippen molar-refractivity contribution in [2.45, 2.75) is 12.5 Å². The summed E-state index contributed by atoms with van der Waals surface area (Å²) in [4.78, 5) is 25.6. The van der Waals surface area contributed by atoms with E-state index in [0.717, 1.165) is 5.56 Å². The highest BCUT2D eigenvalue weighted by atomic mass is 32.2. The molecule has 1 aliphatic heterocycles.